The molecule has 4 heteroatoms. The van der Waals surface area contributed by atoms with Crippen LogP contribution < -0.4 is 10.6 Å². The van der Waals surface area contributed by atoms with Gasteiger partial charge in [0.25, 0.3) is 0 Å². The minimum Gasteiger partial charge on any atom is -0.384 e. The van der Waals surface area contributed by atoms with Crippen LogP contribution in [0, 0.1) is 0 Å². The summed E-state index contributed by atoms with van der Waals surface area (Å²) in [5.41, 5.74) is 3.26. The van der Waals surface area contributed by atoms with Crippen molar-refractivity contribution in [2.75, 3.05) is 23.4 Å². The van der Waals surface area contributed by atoms with Crippen LogP contribution in [0.1, 0.15) is 17.9 Å². The molecule has 1 atom stereocenters. The lowest BCUT2D eigenvalue weighted by molar-refractivity contribution is -0.116. The first-order valence-electron chi connectivity index (χ1n) is 7.03. The number of fused-ring (bicyclic) bond motifs is 1. The van der Waals surface area contributed by atoms with E-state index in [1.54, 1.807) is 11.8 Å². The molecule has 3 nitrogen and oxygen atoms in total. The molecule has 2 N–H and O–H groups in total. The van der Waals surface area contributed by atoms with Gasteiger partial charge in [-0.15, -0.1) is 11.8 Å². The number of benzene rings is 2. The highest BCUT2D eigenvalue weighted by atomic mass is 32.2. The zero-order valence-electron chi connectivity index (χ0n) is 11.9. The minimum absolute atomic E-state index is 0.0664. The molecule has 0 radical (unpaired) electrons. The molecule has 0 saturated heterocycles. The van der Waals surface area contributed by atoms with Crippen molar-refractivity contribution in [3.8, 4) is 0 Å². The normalized spacial score (nSPS) is 16.1. The molecule has 0 saturated carbocycles. The van der Waals surface area contributed by atoms with E-state index in [-0.39, 0.29) is 11.8 Å². The fourth-order valence-electron chi connectivity index (χ4n) is 2.68. The smallest absolute Gasteiger partial charge is 0.225 e. The van der Waals surface area contributed by atoms with Gasteiger partial charge in [-0.3, -0.25) is 4.79 Å². The molecule has 1 aliphatic rings. The highest BCUT2D eigenvalue weighted by molar-refractivity contribution is 7.98. The van der Waals surface area contributed by atoms with E-state index in [4.69, 9.17) is 0 Å². The third kappa shape index (κ3) is 3.22. The molecule has 0 bridgehead atoms. The molecule has 108 valence electrons. The Bertz CT molecular complexity index is 657. The molecule has 1 amide bonds. The standard InChI is InChI=1S/C17H18N2OS/c1-21-14-6-4-5-13(10-14)19-17(20)9-12-11-18-16-8-3-2-7-15(12)16/h2-8,10,12,18H,9,11H2,1H3,(H,19,20). The molecule has 0 aromatic heterocycles. The number of carbonyl (C=O) groups excluding carboxylic acids is 1. The van der Waals surface area contributed by atoms with Gasteiger partial charge in [0.2, 0.25) is 5.91 Å². The van der Waals surface area contributed by atoms with E-state index < -0.39 is 0 Å². The Morgan fingerprint density at radius 2 is 2.14 bits per heavy atom. The molecule has 2 aromatic rings. The van der Waals surface area contributed by atoms with Gasteiger partial charge < -0.3 is 10.6 Å². The maximum atomic E-state index is 12.2. The summed E-state index contributed by atoms with van der Waals surface area (Å²) in [6, 6.07) is 16.1. The number of thioether (sulfide) groups is 1. The molecular formula is C17H18N2OS. The fourth-order valence-corrected chi connectivity index (χ4v) is 3.14. The molecule has 1 unspecified atom stereocenters. The first kappa shape index (κ1) is 14.0. The van der Waals surface area contributed by atoms with Crippen molar-refractivity contribution in [1.82, 2.24) is 0 Å². The van der Waals surface area contributed by atoms with E-state index in [0.717, 1.165) is 22.8 Å². The summed E-state index contributed by atoms with van der Waals surface area (Å²) in [6.45, 7) is 0.831. The predicted molar refractivity (Wildman–Crippen MR) is 89.1 cm³/mol. The Labute approximate surface area is 129 Å². The summed E-state index contributed by atoms with van der Waals surface area (Å²) in [5.74, 6) is 0.321. The van der Waals surface area contributed by atoms with E-state index in [2.05, 4.69) is 22.8 Å². The van der Waals surface area contributed by atoms with Crippen LogP contribution in [0.15, 0.2) is 53.4 Å². The van der Waals surface area contributed by atoms with E-state index in [1.807, 2.05) is 42.7 Å². The van der Waals surface area contributed by atoms with Crippen molar-refractivity contribution < 1.29 is 4.79 Å². The number of nitrogens with one attached hydrogen (secondary N) is 2. The Balaban J connectivity index is 1.65. The number of rotatable bonds is 4. The van der Waals surface area contributed by atoms with Crippen molar-refractivity contribution >= 4 is 29.0 Å². The van der Waals surface area contributed by atoms with Gasteiger partial charge in [-0.25, -0.2) is 0 Å². The Hall–Kier alpha value is -1.94. The SMILES string of the molecule is CSc1cccc(NC(=O)CC2CNc3ccccc32)c1. The van der Waals surface area contributed by atoms with Crippen LogP contribution in [0.2, 0.25) is 0 Å². The number of hydrogen-bond donors (Lipinski definition) is 2. The second-order valence-corrected chi connectivity index (χ2v) is 6.03. The number of hydrogen-bond acceptors (Lipinski definition) is 3. The largest absolute Gasteiger partial charge is 0.384 e. The molecule has 1 heterocycles. The topological polar surface area (TPSA) is 41.1 Å². The van der Waals surface area contributed by atoms with Gasteiger partial charge in [0, 0.05) is 35.2 Å². The van der Waals surface area contributed by atoms with Crippen LogP contribution >= 0.6 is 11.8 Å². The Morgan fingerprint density at radius 3 is 3.00 bits per heavy atom. The van der Waals surface area contributed by atoms with E-state index in [1.165, 1.54) is 5.56 Å². The Kier molecular flexibility index (Phi) is 4.15. The summed E-state index contributed by atoms with van der Waals surface area (Å²) in [5, 5.41) is 6.35. The van der Waals surface area contributed by atoms with Crippen LogP contribution in [0.25, 0.3) is 0 Å². The molecule has 1 aliphatic heterocycles. The minimum atomic E-state index is 0.0664. The van der Waals surface area contributed by atoms with Crippen LogP contribution in [0.5, 0.6) is 0 Å². The number of amides is 1. The lowest BCUT2D eigenvalue weighted by atomic mass is 9.97. The molecule has 0 aliphatic carbocycles. The number of para-hydroxylation sites is 1. The van der Waals surface area contributed by atoms with Crippen LogP contribution in [-0.4, -0.2) is 18.7 Å². The zero-order valence-corrected chi connectivity index (χ0v) is 12.7. The quantitative estimate of drug-likeness (QED) is 0.840. The third-order valence-corrected chi connectivity index (χ3v) is 4.45. The van der Waals surface area contributed by atoms with Crippen molar-refractivity contribution in [2.45, 2.75) is 17.2 Å². The van der Waals surface area contributed by atoms with Crippen LogP contribution in [0.4, 0.5) is 11.4 Å². The molecule has 3 rings (SSSR count). The molecule has 21 heavy (non-hydrogen) atoms. The van der Waals surface area contributed by atoms with E-state index in [0.29, 0.717) is 6.42 Å². The fraction of sp³-hybridized carbons (Fsp3) is 0.235. The lowest BCUT2D eigenvalue weighted by Gasteiger charge is -2.11. The maximum Gasteiger partial charge on any atom is 0.225 e. The first-order chi connectivity index (χ1) is 10.3. The molecule has 0 fully saturated rings. The van der Waals surface area contributed by atoms with Crippen molar-refractivity contribution in [3.63, 3.8) is 0 Å². The molecular weight excluding hydrogens is 280 g/mol. The second-order valence-electron chi connectivity index (χ2n) is 5.15. The van der Waals surface area contributed by atoms with Gasteiger partial charge in [-0.2, -0.15) is 0 Å². The second kappa shape index (κ2) is 6.22. The van der Waals surface area contributed by atoms with Crippen molar-refractivity contribution in [2.24, 2.45) is 0 Å². The van der Waals surface area contributed by atoms with Gasteiger partial charge in [0.05, 0.1) is 0 Å². The summed E-state index contributed by atoms with van der Waals surface area (Å²) in [4.78, 5) is 13.4. The maximum absolute atomic E-state index is 12.2. The van der Waals surface area contributed by atoms with Gasteiger partial charge in [-0.05, 0) is 36.1 Å². The van der Waals surface area contributed by atoms with Crippen LogP contribution in [-0.2, 0) is 4.79 Å². The van der Waals surface area contributed by atoms with Crippen LogP contribution in [0.3, 0.4) is 0 Å². The van der Waals surface area contributed by atoms with Gasteiger partial charge >= 0.3 is 0 Å². The third-order valence-electron chi connectivity index (χ3n) is 3.72. The summed E-state index contributed by atoms with van der Waals surface area (Å²) in [7, 11) is 0. The van der Waals surface area contributed by atoms with Gasteiger partial charge in [-0.1, -0.05) is 24.3 Å². The average Bonchev–Trinajstić information content (AvgIpc) is 2.91. The highest BCUT2D eigenvalue weighted by Gasteiger charge is 2.23. The summed E-state index contributed by atoms with van der Waals surface area (Å²) in [6.07, 6.45) is 2.54. The average molecular weight is 298 g/mol. The van der Waals surface area contributed by atoms with Crippen molar-refractivity contribution in [1.29, 1.82) is 0 Å². The van der Waals surface area contributed by atoms with E-state index in [9.17, 15) is 4.79 Å². The zero-order chi connectivity index (χ0) is 14.7. The predicted octanol–water partition coefficient (Wildman–Crippen LogP) is 3.95. The molecule has 2 aromatic carbocycles. The molecule has 0 spiro atoms. The first-order valence-corrected chi connectivity index (χ1v) is 8.25. The van der Waals surface area contributed by atoms with Crippen molar-refractivity contribution in [3.05, 3.63) is 54.1 Å². The highest BCUT2D eigenvalue weighted by Crippen LogP contribution is 2.33. The summed E-state index contributed by atoms with van der Waals surface area (Å²) >= 11 is 1.67. The van der Waals surface area contributed by atoms with Gasteiger partial charge in [0.15, 0.2) is 0 Å². The van der Waals surface area contributed by atoms with E-state index >= 15 is 0 Å². The number of carbonyl (C=O) groups is 1. The monoisotopic (exact) mass is 298 g/mol. The Morgan fingerprint density at radius 1 is 1.29 bits per heavy atom. The lowest BCUT2D eigenvalue weighted by Crippen LogP contribution is -2.16. The van der Waals surface area contributed by atoms with Gasteiger partial charge in [0.1, 0.15) is 0 Å². The summed E-state index contributed by atoms with van der Waals surface area (Å²) < 4.78 is 0. The number of anilines is 2.